The lowest BCUT2D eigenvalue weighted by atomic mass is 10.1. The summed E-state index contributed by atoms with van der Waals surface area (Å²) in [4.78, 5) is 11.7. The summed E-state index contributed by atoms with van der Waals surface area (Å²) < 4.78 is 18.6. The van der Waals surface area contributed by atoms with Crippen LogP contribution in [0.2, 0.25) is 0 Å². The zero-order chi connectivity index (χ0) is 15.5. The lowest BCUT2D eigenvalue weighted by molar-refractivity contribution is 0.0492. The highest BCUT2D eigenvalue weighted by atomic mass is 19.1. The third kappa shape index (κ3) is 7.11. The largest absolute Gasteiger partial charge is 0.462 e. The molecule has 0 aliphatic rings. The summed E-state index contributed by atoms with van der Waals surface area (Å²) in [5.74, 6) is -1.24. The Balaban J connectivity index is 2.11. The number of benzene rings is 1. The SMILES string of the molecule is CCCCCCCCCCOC(=O)c1ccc(N)cc1F. The first-order valence-electron chi connectivity index (χ1n) is 7.87. The predicted molar refractivity (Wildman–Crippen MR) is 83.7 cm³/mol. The first-order valence-corrected chi connectivity index (χ1v) is 7.87. The van der Waals surface area contributed by atoms with Crippen LogP contribution >= 0.6 is 0 Å². The number of carbonyl (C=O) groups is 1. The molecule has 0 saturated carbocycles. The maximum atomic E-state index is 13.5. The number of nitrogens with two attached hydrogens (primary N) is 1. The molecule has 0 aromatic heterocycles. The molecule has 0 aliphatic heterocycles. The van der Waals surface area contributed by atoms with E-state index in [4.69, 9.17) is 10.5 Å². The van der Waals surface area contributed by atoms with Crippen molar-refractivity contribution in [2.75, 3.05) is 12.3 Å². The van der Waals surface area contributed by atoms with Crippen molar-refractivity contribution in [2.24, 2.45) is 0 Å². The van der Waals surface area contributed by atoms with E-state index in [2.05, 4.69) is 6.92 Å². The third-order valence-corrected chi connectivity index (χ3v) is 3.44. The topological polar surface area (TPSA) is 52.3 Å². The van der Waals surface area contributed by atoms with Gasteiger partial charge in [-0.2, -0.15) is 0 Å². The van der Waals surface area contributed by atoms with Crippen LogP contribution in [0, 0.1) is 5.82 Å². The molecule has 0 saturated heterocycles. The van der Waals surface area contributed by atoms with Crippen molar-refractivity contribution in [2.45, 2.75) is 58.3 Å². The minimum atomic E-state index is -0.629. The lowest BCUT2D eigenvalue weighted by Gasteiger charge is -2.06. The highest BCUT2D eigenvalue weighted by Crippen LogP contribution is 2.13. The number of nitrogen functional groups attached to an aromatic ring is 1. The van der Waals surface area contributed by atoms with Crippen molar-refractivity contribution in [3.05, 3.63) is 29.6 Å². The minimum Gasteiger partial charge on any atom is -0.462 e. The highest BCUT2D eigenvalue weighted by Gasteiger charge is 2.12. The summed E-state index contributed by atoms with van der Waals surface area (Å²) in [7, 11) is 0. The van der Waals surface area contributed by atoms with Crippen LogP contribution in [0.25, 0.3) is 0 Å². The average Bonchev–Trinajstić information content (AvgIpc) is 2.45. The van der Waals surface area contributed by atoms with Crippen LogP contribution in [0.5, 0.6) is 0 Å². The van der Waals surface area contributed by atoms with Crippen LogP contribution in [0.15, 0.2) is 18.2 Å². The van der Waals surface area contributed by atoms with Crippen molar-refractivity contribution in [3.8, 4) is 0 Å². The molecular formula is C17H26FNO2. The Hall–Kier alpha value is -1.58. The molecule has 0 radical (unpaired) electrons. The fourth-order valence-corrected chi connectivity index (χ4v) is 2.18. The Labute approximate surface area is 126 Å². The molecule has 0 unspecified atom stereocenters. The van der Waals surface area contributed by atoms with Crippen LogP contribution < -0.4 is 5.73 Å². The fourth-order valence-electron chi connectivity index (χ4n) is 2.18. The van der Waals surface area contributed by atoms with Gasteiger partial charge in [0.2, 0.25) is 0 Å². The van der Waals surface area contributed by atoms with E-state index in [1.807, 2.05) is 0 Å². The second kappa shape index (κ2) is 10.2. The molecule has 2 N–H and O–H groups in total. The maximum absolute atomic E-state index is 13.5. The van der Waals surface area contributed by atoms with E-state index in [1.54, 1.807) is 0 Å². The molecule has 0 atom stereocenters. The second-order valence-corrected chi connectivity index (χ2v) is 5.35. The number of unbranched alkanes of at least 4 members (excludes halogenated alkanes) is 7. The van der Waals surface area contributed by atoms with Gasteiger partial charge in [0.1, 0.15) is 5.82 Å². The predicted octanol–water partition coefficient (Wildman–Crippen LogP) is 4.71. The molecule has 3 nitrogen and oxygen atoms in total. The molecule has 0 spiro atoms. The highest BCUT2D eigenvalue weighted by molar-refractivity contribution is 5.90. The number of esters is 1. The van der Waals surface area contributed by atoms with Gasteiger partial charge in [0, 0.05) is 5.69 Å². The number of rotatable bonds is 10. The number of hydrogen-bond acceptors (Lipinski definition) is 3. The average molecular weight is 295 g/mol. The van der Waals surface area contributed by atoms with E-state index >= 15 is 0 Å². The van der Waals surface area contributed by atoms with Gasteiger partial charge in [0.15, 0.2) is 0 Å². The van der Waals surface area contributed by atoms with E-state index in [0.29, 0.717) is 12.3 Å². The third-order valence-electron chi connectivity index (χ3n) is 3.44. The molecule has 0 bridgehead atoms. The van der Waals surface area contributed by atoms with Crippen molar-refractivity contribution < 1.29 is 13.9 Å². The molecule has 0 aliphatic carbocycles. The smallest absolute Gasteiger partial charge is 0.341 e. The zero-order valence-electron chi connectivity index (χ0n) is 12.9. The molecule has 0 heterocycles. The summed E-state index contributed by atoms with van der Waals surface area (Å²) in [6, 6.07) is 3.99. The summed E-state index contributed by atoms with van der Waals surface area (Å²) in [6.07, 6.45) is 9.44. The minimum absolute atomic E-state index is 0.0521. The maximum Gasteiger partial charge on any atom is 0.341 e. The van der Waals surface area contributed by atoms with Gasteiger partial charge in [-0.05, 0) is 24.6 Å². The van der Waals surface area contributed by atoms with Crippen LogP contribution in [-0.2, 0) is 4.74 Å². The van der Waals surface area contributed by atoms with E-state index in [9.17, 15) is 9.18 Å². The first-order chi connectivity index (χ1) is 10.1. The van der Waals surface area contributed by atoms with Gasteiger partial charge in [-0.3, -0.25) is 0 Å². The molecule has 4 heteroatoms. The molecule has 1 aromatic carbocycles. The zero-order valence-corrected chi connectivity index (χ0v) is 12.9. The van der Waals surface area contributed by atoms with Crippen molar-refractivity contribution in [3.63, 3.8) is 0 Å². The van der Waals surface area contributed by atoms with E-state index in [0.717, 1.165) is 25.3 Å². The molecule has 1 aromatic rings. The Kier molecular flexibility index (Phi) is 8.48. The lowest BCUT2D eigenvalue weighted by Crippen LogP contribution is -2.09. The van der Waals surface area contributed by atoms with Crippen molar-refractivity contribution in [1.82, 2.24) is 0 Å². The summed E-state index contributed by atoms with van der Waals surface area (Å²) >= 11 is 0. The van der Waals surface area contributed by atoms with Gasteiger partial charge in [-0.1, -0.05) is 51.9 Å². The van der Waals surface area contributed by atoms with Gasteiger partial charge < -0.3 is 10.5 Å². The number of carbonyl (C=O) groups excluding carboxylic acids is 1. The Morgan fingerprint density at radius 1 is 1.10 bits per heavy atom. The molecular weight excluding hydrogens is 269 g/mol. The standard InChI is InChI=1S/C17H26FNO2/c1-2-3-4-5-6-7-8-9-12-21-17(20)15-11-10-14(19)13-16(15)18/h10-11,13H,2-9,12,19H2,1H3. The normalized spacial score (nSPS) is 10.6. The van der Waals surface area contributed by atoms with Gasteiger partial charge in [-0.15, -0.1) is 0 Å². The first kappa shape index (κ1) is 17.5. The summed E-state index contributed by atoms with van der Waals surface area (Å²) in [6.45, 7) is 2.55. The van der Waals surface area contributed by atoms with E-state index in [1.165, 1.54) is 44.2 Å². The van der Waals surface area contributed by atoms with Gasteiger partial charge in [0.05, 0.1) is 12.2 Å². The van der Waals surface area contributed by atoms with Crippen LogP contribution in [0.4, 0.5) is 10.1 Å². The van der Waals surface area contributed by atoms with Crippen LogP contribution in [-0.4, -0.2) is 12.6 Å². The van der Waals surface area contributed by atoms with Gasteiger partial charge in [-0.25, -0.2) is 9.18 Å². The van der Waals surface area contributed by atoms with E-state index < -0.39 is 11.8 Å². The molecule has 0 fully saturated rings. The number of ether oxygens (including phenoxy) is 1. The Morgan fingerprint density at radius 2 is 1.71 bits per heavy atom. The monoisotopic (exact) mass is 295 g/mol. The number of anilines is 1. The fraction of sp³-hybridized carbons (Fsp3) is 0.588. The molecule has 1 rings (SSSR count). The number of hydrogen-bond donors (Lipinski definition) is 1. The molecule has 0 amide bonds. The Bertz CT molecular complexity index is 435. The second-order valence-electron chi connectivity index (χ2n) is 5.35. The van der Waals surface area contributed by atoms with Crippen LogP contribution in [0.3, 0.4) is 0 Å². The number of halogens is 1. The Morgan fingerprint density at radius 3 is 2.33 bits per heavy atom. The summed E-state index contributed by atoms with van der Waals surface area (Å²) in [5.41, 5.74) is 5.68. The van der Waals surface area contributed by atoms with Crippen molar-refractivity contribution >= 4 is 11.7 Å². The van der Waals surface area contributed by atoms with Gasteiger partial charge >= 0.3 is 5.97 Å². The van der Waals surface area contributed by atoms with Gasteiger partial charge in [0.25, 0.3) is 0 Å². The van der Waals surface area contributed by atoms with E-state index in [-0.39, 0.29) is 5.56 Å². The van der Waals surface area contributed by atoms with Crippen molar-refractivity contribution in [1.29, 1.82) is 0 Å². The van der Waals surface area contributed by atoms with Crippen LogP contribution in [0.1, 0.15) is 68.6 Å². The summed E-state index contributed by atoms with van der Waals surface area (Å²) in [5, 5.41) is 0. The quantitative estimate of drug-likeness (QED) is 0.386. The molecule has 21 heavy (non-hydrogen) atoms. The molecule has 118 valence electrons.